The van der Waals surface area contributed by atoms with Crippen LogP contribution in [0.5, 0.6) is 0 Å². The van der Waals surface area contributed by atoms with Gasteiger partial charge in [0.25, 0.3) is 0 Å². The Hall–Kier alpha value is -1.03. The summed E-state index contributed by atoms with van der Waals surface area (Å²) in [5.41, 5.74) is 3.22. The topological polar surface area (TPSA) is 37.4 Å². The molecule has 0 amide bonds. The number of para-hydroxylation sites is 1. The summed E-state index contributed by atoms with van der Waals surface area (Å²) in [4.78, 5) is 0. The summed E-state index contributed by atoms with van der Waals surface area (Å²) < 4.78 is 26.1. The molecule has 100 valence electrons. The summed E-state index contributed by atoms with van der Waals surface area (Å²) >= 11 is 0. The van der Waals surface area contributed by atoms with E-state index in [0.29, 0.717) is 6.54 Å². The second-order valence-corrected chi connectivity index (χ2v) is 6.74. The summed E-state index contributed by atoms with van der Waals surface area (Å²) in [6.45, 7) is 4.79. The maximum absolute atomic E-state index is 12.2. The first-order chi connectivity index (χ1) is 8.60. The van der Waals surface area contributed by atoms with Crippen LogP contribution >= 0.6 is 0 Å². The normalized spacial score (nSPS) is 18.9. The van der Waals surface area contributed by atoms with Crippen molar-refractivity contribution in [2.45, 2.75) is 39.5 Å². The predicted octanol–water partition coefficient (Wildman–Crippen LogP) is 2.74. The van der Waals surface area contributed by atoms with Crippen LogP contribution in [0.15, 0.2) is 18.2 Å². The Morgan fingerprint density at radius 2 is 1.72 bits per heavy atom. The molecule has 1 aromatic rings. The third-order valence-electron chi connectivity index (χ3n) is 3.56. The molecule has 0 aromatic heterocycles. The monoisotopic (exact) mass is 267 g/mol. The minimum Gasteiger partial charge on any atom is -0.270 e. The van der Waals surface area contributed by atoms with Crippen molar-refractivity contribution in [1.29, 1.82) is 0 Å². The van der Waals surface area contributed by atoms with Crippen LogP contribution in [0, 0.1) is 0 Å². The summed E-state index contributed by atoms with van der Waals surface area (Å²) in [5, 5.41) is 0. The number of hydrogen-bond acceptors (Lipinski definition) is 2. The second kappa shape index (κ2) is 5.31. The van der Waals surface area contributed by atoms with Crippen LogP contribution in [0.4, 0.5) is 5.69 Å². The molecule has 0 spiro atoms. The van der Waals surface area contributed by atoms with E-state index >= 15 is 0 Å². The highest BCUT2D eigenvalue weighted by molar-refractivity contribution is 7.92. The van der Waals surface area contributed by atoms with Crippen LogP contribution in [0.3, 0.4) is 0 Å². The second-order valence-electron chi connectivity index (χ2n) is 4.73. The fourth-order valence-electron chi connectivity index (χ4n) is 2.58. The standard InChI is InChI=1S/C14H21NO2S/c1-3-12-8-7-9-13(4-2)14(12)15-10-5-6-11-18(15,16)17/h7-9H,3-6,10-11H2,1-2H3. The van der Waals surface area contributed by atoms with Crippen molar-refractivity contribution < 1.29 is 8.42 Å². The van der Waals surface area contributed by atoms with Crippen LogP contribution in [0.1, 0.15) is 37.8 Å². The van der Waals surface area contributed by atoms with E-state index in [-0.39, 0.29) is 5.75 Å². The molecule has 1 aliphatic heterocycles. The van der Waals surface area contributed by atoms with Gasteiger partial charge < -0.3 is 0 Å². The molecule has 0 radical (unpaired) electrons. The lowest BCUT2D eigenvalue weighted by Gasteiger charge is -2.31. The molecule has 1 aliphatic rings. The molecule has 1 aromatic carbocycles. The highest BCUT2D eigenvalue weighted by Crippen LogP contribution is 2.31. The Morgan fingerprint density at radius 1 is 1.11 bits per heavy atom. The number of hydrogen-bond donors (Lipinski definition) is 0. The lowest BCUT2D eigenvalue weighted by atomic mass is 10.0. The van der Waals surface area contributed by atoms with Crippen molar-refractivity contribution in [2.24, 2.45) is 0 Å². The first-order valence-electron chi connectivity index (χ1n) is 6.71. The van der Waals surface area contributed by atoms with E-state index in [1.165, 1.54) is 0 Å². The van der Waals surface area contributed by atoms with Gasteiger partial charge in [0.1, 0.15) is 0 Å². The van der Waals surface area contributed by atoms with Gasteiger partial charge in [-0.1, -0.05) is 32.0 Å². The molecule has 1 fully saturated rings. The molecule has 0 atom stereocenters. The summed E-state index contributed by atoms with van der Waals surface area (Å²) in [6, 6.07) is 6.11. The van der Waals surface area contributed by atoms with Crippen molar-refractivity contribution in [3.05, 3.63) is 29.3 Å². The molecule has 0 N–H and O–H groups in total. The summed E-state index contributed by atoms with van der Waals surface area (Å²) in [5.74, 6) is 0.286. The zero-order valence-electron chi connectivity index (χ0n) is 11.1. The van der Waals surface area contributed by atoms with Gasteiger partial charge in [0.15, 0.2) is 0 Å². The zero-order chi connectivity index (χ0) is 13.2. The smallest absolute Gasteiger partial charge is 0.235 e. The van der Waals surface area contributed by atoms with E-state index in [2.05, 4.69) is 13.8 Å². The molecule has 3 nitrogen and oxygen atoms in total. The molecule has 0 aliphatic carbocycles. The van der Waals surface area contributed by atoms with E-state index in [4.69, 9.17) is 0 Å². The molecule has 4 heteroatoms. The SMILES string of the molecule is CCc1cccc(CC)c1N1CCCCS1(=O)=O. The average molecular weight is 267 g/mol. The first kappa shape index (κ1) is 13.4. The van der Waals surface area contributed by atoms with Crippen LogP contribution in [0.25, 0.3) is 0 Å². The van der Waals surface area contributed by atoms with Gasteiger partial charge in [-0.2, -0.15) is 0 Å². The van der Waals surface area contributed by atoms with Gasteiger partial charge in [0.05, 0.1) is 11.4 Å². The fraction of sp³-hybridized carbons (Fsp3) is 0.571. The highest BCUT2D eigenvalue weighted by atomic mass is 32.2. The Bertz CT molecular complexity index is 500. The van der Waals surface area contributed by atoms with E-state index in [9.17, 15) is 8.42 Å². The van der Waals surface area contributed by atoms with Crippen molar-refractivity contribution in [1.82, 2.24) is 0 Å². The Morgan fingerprint density at radius 3 is 2.22 bits per heavy atom. The van der Waals surface area contributed by atoms with Crippen molar-refractivity contribution in [2.75, 3.05) is 16.6 Å². The Labute approximate surface area is 110 Å². The highest BCUT2D eigenvalue weighted by Gasteiger charge is 2.28. The molecule has 0 unspecified atom stereocenters. The minimum absolute atomic E-state index is 0.286. The van der Waals surface area contributed by atoms with Crippen LogP contribution in [0.2, 0.25) is 0 Å². The molecule has 2 rings (SSSR count). The van der Waals surface area contributed by atoms with Gasteiger partial charge in [0.2, 0.25) is 10.0 Å². The molecule has 0 bridgehead atoms. The summed E-state index contributed by atoms with van der Waals surface area (Å²) in [7, 11) is -3.11. The van der Waals surface area contributed by atoms with Crippen molar-refractivity contribution in [3.8, 4) is 0 Å². The van der Waals surface area contributed by atoms with Gasteiger partial charge >= 0.3 is 0 Å². The van der Waals surface area contributed by atoms with Crippen LogP contribution in [-0.4, -0.2) is 20.7 Å². The Balaban J connectivity index is 2.55. The predicted molar refractivity (Wildman–Crippen MR) is 75.6 cm³/mol. The number of benzene rings is 1. The average Bonchev–Trinajstić information content (AvgIpc) is 2.37. The maximum atomic E-state index is 12.2. The quantitative estimate of drug-likeness (QED) is 0.844. The van der Waals surface area contributed by atoms with Gasteiger partial charge in [-0.05, 0) is 36.8 Å². The van der Waals surface area contributed by atoms with Crippen LogP contribution < -0.4 is 4.31 Å². The minimum atomic E-state index is -3.11. The number of sulfonamides is 1. The van der Waals surface area contributed by atoms with Gasteiger partial charge in [-0.25, -0.2) is 8.42 Å². The van der Waals surface area contributed by atoms with Gasteiger partial charge in [0, 0.05) is 6.54 Å². The molecule has 1 heterocycles. The van der Waals surface area contributed by atoms with E-state index in [1.54, 1.807) is 4.31 Å². The van der Waals surface area contributed by atoms with E-state index < -0.39 is 10.0 Å². The number of anilines is 1. The van der Waals surface area contributed by atoms with Crippen LogP contribution in [-0.2, 0) is 22.9 Å². The number of aryl methyl sites for hydroxylation is 2. The maximum Gasteiger partial charge on any atom is 0.235 e. The number of nitrogens with zero attached hydrogens (tertiary/aromatic N) is 1. The molecule has 0 saturated carbocycles. The van der Waals surface area contributed by atoms with Crippen molar-refractivity contribution >= 4 is 15.7 Å². The summed E-state index contributed by atoms with van der Waals surface area (Å²) in [6.07, 6.45) is 3.49. The third-order valence-corrected chi connectivity index (χ3v) is 5.40. The lowest BCUT2D eigenvalue weighted by Crippen LogP contribution is -2.39. The first-order valence-corrected chi connectivity index (χ1v) is 8.32. The zero-order valence-corrected chi connectivity index (χ0v) is 12.0. The van der Waals surface area contributed by atoms with Crippen molar-refractivity contribution in [3.63, 3.8) is 0 Å². The Kier molecular flexibility index (Phi) is 3.95. The van der Waals surface area contributed by atoms with Gasteiger partial charge in [-0.3, -0.25) is 4.31 Å². The molecular formula is C14H21NO2S. The van der Waals surface area contributed by atoms with Gasteiger partial charge in [-0.15, -0.1) is 0 Å². The van der Waals surface area contributed by atoms with E-state index in [0.717, 1.165) is 42.5 Å². The third kappa shape index (κ3) is 2.39. The number of rotatable bonds is 3. The molecule has 18 heavy (non-hydrogen) atoms. The lowest BCUT2D eigenvalue weighted by molar-refractivity contribution is 0.574. The molecule has 1 saturated heterocycles. The van der Waals surface area contributed by atoms with E-state index in [1.807, 2.05) is 18.2 Å². The largest absolute Gasteiger partial charge is 0.270 e. The fourth-order valence-corrected chi connectivity index (χ4v) is 4.28. The molecular weight excluding hydrogens is 246 g/mol.